The lowest BCUT2D eigenvalue weighted by atomic mass is 9.75. The summed E-state index contributed by atoms with van der Waals surface area (Å²) in [7, 11) is 0. The van der Waals surface area contributed by atoms with Crippen LogP contribution in [0.1, 0.15) is 20.3 Å². The molecule has 0 fully saturated rings. The summed E-state index contributed by atoms with van der Waals surface area (Å²) in [6, 6.07) is -0.182. The van der Waals surface area contributed by atoms with Gasteiger partial charge in [-0.2, -0.15) is 0 Å². The van der Waals surface area contributed by atoms with Crippen molar-refractivity contribution < 1.29 is 5.11 Å². The zero-order valence-corrected chi connectivity index (χ0v) is 7.70. The Labute approximate surface area is 73.8 Å². The van der Waals surface area contributed by atoms with Gasteiger partial charge in [-0.3, -0.25) is 0 Å². The summed E-state index contributed by atoms with van der Waals surface area (Å²) >= 11 is 0. The van der Waals surface area contributed by atoms with E-state index in [1.807, 2.05) is 12.2 Å². The van der Waals surface area contributed by atoms with Gasteiger partial charge >= 0.3 is 0 Å². The van der Waals surface area contributed by atoms with Gasteiger partial charge in [0.2, 0.25) is 0 Å². The number of hydrogen-bond donors (Lipinski definition) is 2. The Bertz CT molecular complexity index is 208. The first-order chi connectivity index (χ1) is 5.56. The number of allylic oxidation sites excluding steroid dienone is 3. The minimum atomic E-state index is -0.453. The van der Waals surface area contributed by atoms with Crippen molar-refractivity contribution in [1.29, 1.82) is 0 Å². The molecule has 2 heteroatoms. The van der Waals surface area contributed by atoms with Crippen LogP contribution in [-0.2, 0) is 0 Å². The molecule has 0 heterocycles. The lowest BCUT2D eigenvalue weighted by Crippen LogP contribution is -2.46. The highest BCUT2D eigenvalue weighted by Gasteiger charge is 2.31. The zero-order valence-electron chi connectivity index (χ0n) is 7.70. The van der Waals surface area contributed by atoms with Gasteiger partial charge in [0.1, 0.15) is 0 Å². The molecule has 0 saturated heterocycles. The summed E-state index contributed by atoms with van der Waals surface area (Å²) in [6.45, 7) is 3.81. The molecule has 2 nitrogen and oxygen atoms in total. The maximum atomic E-state index is 9.36. The van der Waals surface area contributed by atoms with Gasteiger partial charge < -0.3 is 10.8 Å². The van der Waals surface area contributed by atoms with Crippen molar-refractivity contribution in [1.82, 2.24) is 0 Å². The normalized spacial score (nSPS) is 33.3. The third kappa shape index (κ3) is 1.76. The molecule has 0 radical (unpaired) electrons. The Morgan fingerprint density at radius 1 is 1.50 bits per heavy atom. The van der Waals surface area contributed by atoms with Crippen molar-refractivity contribution in [3.63, 3.8) is 0 Å². The van der Waals surface area contributed by atoms with Crippen LogP contribution in [0.5, 0.6) is 0 Å². The maximum Gasteiger partial charge on any atom is 0.0671 e. The highest BCUT2D eigenvalue weighted by molar-refractivity contribution is 5.18. The monoisotopic (exact) mass is 167 g/mol. The second-order valence-electron chi connectivity index (χ2n) is 3.76. The average Bonchev–Trinajstić information content (AvgIpc) is 2.04. The molecule has 1 aliphatic carbocycles. The molecule has 0 saturated carbocycles. The molecule has 0 aromatic heterocycles. The lowest BCUT2D eigenvalue weighted by Gasteiger charge is -2.34. The summed E-state index contributed by atoms with van der Waals surface area (Å²) in [5.74, 6) is 0. The van der Waals surface area contributed by atoms with Gasteiger partial charge in [-0.25, -0.2) is 0 Å². The van der Waals surface area contributed by atoms with Crippen LogP contribution < -0.4 is 5.73 Å². The highest BCUT2D eigenvalue weighted by atomic mass is 16.3. The van der Waals surface area contributed by atoms with E-state index in [4.69, 9.17) is 5.73 Å². The van der Waals surface area contributed by atoms with Crippen molar-refractivity contribution in [3.8, 4) is 0 Å². The first kappa shape index (κ1) is 9.49. The molecule has 3 N–H and O–H groups in total. The van der Waals surface area contributed by atoms with E-state index >= 15 is 0 Å². The Kier molecular flexibility index (Phi) is 2.70. The summed E-state index contributed by atoms with van der Waals surface area (Å²) in [4.78, 5) is 0. The van der Waals surface area contributed by atoms with Gasteiger partial charge in [0.15, 0.2) is 0 Å². The van der Waals surface area contributed by atoms with Gasteiger partial charge in [0.25, 0.3) is 0 Å². The van der Waals surface area contributed by atoms with E-state index in [-0.39, 0.29) is 11.5 Å². The van der Waals surface area contributed by atoms with Gasteiger partial charge in [-0.15, -0.1) is 0 Å². The van der Waals surface area contributed by atoms with Crippen LogP contribution in [0.25, 0.3) is 0 Å². The number of aliphatic hydroxyl groups excluding tert-OH is 1. The number of aliphatic hydroxyl groups is 1. The second-order valence-corrected chi connectivity index (χ2v) is 3.76. The lowest BCUT2D eigenvalue weighted by molar-refractivity contribution is 0.113. The van der Waals surface area contributed by atoms with Crippen molar-refractivity contribution in [3.05, 3.63) is 24.3 Å². The fraction of sp³-hybridized carbons (Fsp3) is 0.600. The van der Waals surface area contributed by atoms with Crippen LogP contribution in [0.15, 0.2) is 24.3 Å². The van der Waals surface area contributed by atoms with E-state index in [9.17, 15) is 5.11 Å². The molecule has 1 aliphatic rings. The number of nitrogens with two attached hydrogens (primary N) is 1. The van der Waals surface area contributed by atoms with Gasteiger partial charge in [0.05, 0.1) is 6.10 Å². The average molecular weight is 167 g/mol. The maximum absolute atomic E-state index is 9.36. The Balaban J connectivity index is 2.72. The van der Waals surface area contributed by atoms with Crippen LogP contribution in [0.2, 0.25) is 0 Å². The van der Waals surface area contributed by atoms with Crippen molar-refractivity contribution in [2.75, 3.05) is 0 Å². The first-order valence-corrected chi connectivity index (χ1v) is 4.34. The molecular weight excluding hydrogens is 150 g/mol. The molecule has 12 heavy (non-hydrogen) atoms. The minimum Gasteiger partial charge on any atom is -0.392 e. The van der Waals surface area contributed by atoms with E-state index in [0.717, 1.165) is 6.42 Å². The highest BCUT2D eigenvalue weighted by Crippen LogP contribution is 2.31. The van der Waals surface area contributed by atoms with Crippen LogP contribution in [-0.4, -0.2) is 17.3 Å². The second kappa shape index (κ2) is 3.42. The molecule has 0 aromatic rings. The third-order valence-corrected chi connectivity index (χ3v) is 2.56. The molecule has 0 bridgehead atoms. The fourth-order valence-electron chi connectivity index (χ4n) is 1.54. The molecular formula is C10H17NO. The van der Waals surface area contributed by atoms with Crippen molar-refractivity contribution in [2.45, 2.75) is 32.4 Å². The van der Waals surface area contributed by atoms with E-state index in [2.05, 4.69) is 19.1 Å². The molecule has 3 unspecified atom stereocenters. The number of hydrogen-bond acceptors (Lipinski definition) is 2. The SMILES string of the molecule is CC(O)C(N)C1(C)C=CC=CC1. The van der Waals surface area contributed by atoms with Gasteiger partial charge in [-0.05, 0) is 13.3 Å². The van der Waals surface area contributed by atoms with Crippen LogP contribution in [0.4, 0.5) is 0 Å². The minimum absolute atomic E-state index is 0.0804. The van der Waals surface area contributed by atoms with Crippen molar-refractivity contribution in [2.24, 2.45) is 11.1 Å². The van der Waals surface area contributed by atoms with Gasteiger partial charge in [-0.1, -0.05) is 31.2 Å². The Morgan fingerprint density at radius 3 is 2.58 bits per heavy atom. The molecule has 0 aliphatic heterocycles. The fourth-order valence-corrected chi connectivity index (χ4v) is 1.54. The van der Waals surface area contributed by atoms with E-state index < -0.39 is 6.10 Å². The van der Waals surface area contributed by atoms with E-state index in [0.29, 0.717) is 0 Å². The van der Waals surface area contributed by atoms with Crippen LogP contribution in [0, 0.1) is 5.41 Å². The third-order valence-electron chi connectivity index (χ3n) is 2.56. The Hall–Kier alpha value is -0.600. The molecule has 68 valence electrons. The predicted molar refractivity (Wildman–Crippen MR) is 50.7 cm³/mol. The summed E-state index contributed by atoms with van der Waals surface area (Å²) in [5, 5.41) is 9.36. The van der Waals surface area contributed by atoms with E-state index in [1.165, 1.54) is 0 Å². The standard InChI is InChI=1S/C10H17NO/c1-8(12)9(11)10(2)6-4-3-5-7-10/h3-6,8-9,12H,7,11H2,1-2H3. The van der Waals surface area contributed by atoms with Crippen molar-refractivity contribution >= 4 is 0 Å². The molecule has 3 atom stereocenters. The van der Waals surface area contributed by atoms with Crippen LogP contribution in [0.3, 0.4) is 0 Å². The smallest absolute Gasteiger partial charge is 0.0671 e. The molecule has 0 amide bonds. The van der Waals surface area contributed by atoms with Crippen LogP contribution >= 0.6 is 0 Å². The topological polar surface area (TPSA) is 46.2 Å². The molecule has 0 spiro atoms. The van der Waals surface area contributed by atoms with Gasteiger partial charge in [0, 0.05) is 11.5 Å². The Morgan fingerprint density at radius 2 is 2.17 bits per heavy atom. The summed E-state index contributed by atoms with van der Waals surface area (Å²) in [5.41, 5.74) is 5.81. The quantitative estimate of drug-likeness (QED) is 0.649. The molecule has 1 rings (SSSR count). The summed E-state index contributed by atoms with van der Waals surface area (Å²) in [6.07, 6.45) is 8.62. The summed E-state index contributed by atoms with van der Waals surface area (Å²) < 4.78 is 0. The number of rotatable bonds is 2. The predicted octanol–water partition coefficient (Wildman–Crippen LogP) is 1.22. The molecule has 0 aromatic carbocycles. The first-order valence-electron chi connectivity index (χ1n) is 4.34. The largest absolute Gasteiger partial charge is 0.392 e. The zero-order chi connectivity index (χ0) is 9.19. The van der Waals surface area contributed by atoms with E-state index in [1.54, 1.807) is 6.92 Å².